The molecule has 12 heteroatoms. The van der Waals surface area contributed by atoms with Crippen LogP contribution in [0.1, 0.15) is 83.0 Å². The quantitative estimate of drug-likeness (QED) is 0.201. The van der Waals surface area contributed by atoms with E-state index in [1.807, 2.05) is 59.5 Å². The monoisotopic (exact) mass is 663 g/mol. The Labute approximate surface area is 281 Å². The number of nitrogens with zero attached hydrogens (tertiary/aromatic N) is 4. The minimum Gasteiger partial charge on any atom is -0.476 e. The second-order valence-electron chi connectivity index (χ2n) is 14.4. The zero-order valence-electron chi connectivity index (χ0n) is 26.7. The second kappa shape index (κ2) is 11.1. The van der Waals surface area contributed by atoms with E-state index < -0.39 is 11.5 Å². The van der Waals surface area contributed by atoms with Gasteiger partial charge >= 0.3 is 5.97 Å². The van der Waals surface area contributed by atoms with E-state index in [1.165, 1.54) is 17.8 Å². The van der Waals surface area contributed by atoms with Gasteiger partial charge in [-0.2, -0.15) is 5.10 Å². The summed E-state index contributed by atoms with van der Waals surface area (Å²) in [5.41, 5.74) is 9.95. The number of amides is 1. The van der Waals surface area contributed by atoms with Gasteiger partial charge in [-0.15, -0.1) is 0 Å². The number of carbonyl (C=O) groups is 2. The summed E-state index contributed by atoms with van der Waals surface area (Å²) in [6.45, 7) is 3.15. The van der Waals surface area contributed by atoms with Crippen molar-refractivity contribution in [3.63, 3.8) is 0 Å². The molecular formula is C36H37N7O4S. The van der Waals surface area contributed by atoms with Crippen LogP contribution in [0.5, 0.6) is 0 Å². The van der Waals surface area contributed by atoms with Gasteiger partial charge in [-0.1, -0.05) is 35.6 Å². The number of fused-ring (bicyclic) bond motifs is 2. The summed E-state index contributed by atoms with van der Waals surface area (Å²) in [5.74, 6) is 0.638. The lowest BCUT2D eigenvalue weighted by atomic mass is 9.59. The summed E-state index contributed by atoms with van der Waals surface area (Å²) in [6, 6.07) is 17.3. The van der Waals surface area contributed by atoms with Crippen LogP contribution in [0.15, 0.2) is 59.7 Å². The summed E-state index contributed by atoms with van der Waals surface area (Å²) < 4.78 is 7.72. The number of anilines is 2. The van der Waals surface area contributed by atoms with Gasteiger partial charge in [0.25, 0.3) is 5.91 Å². The molecule has 0 radical (unpaired) electrons. The highest BCUT2D eigenvalue weighted by molar-refractivity contribution is 7.22. The molecule has 246 valence electrons. The highest BCUT2D eigenvalue weighted by Gasteiger charge is 2.56. The van der Waals surface area contributed by atoms with Crippen molar-refractivity contribution in [1.82, 2.24) is 20.9 Å². The fraction of sp³-hybridized carbons (Fsp3) is 0.417. The molecule has 11 nitrogen and oxygen atoms in total. The van der Waals surface area contributed by atoms with Gasteiger partial charge in [0.1, 0.15) is 5.82 Å². The van der Waals surface area contributed by atoms with E-state index in [2.05, 4.69) is 33.3 Å². The molecule has 4 aliphatic heterocycles. The Morgan fingerprint density at radius 2 is 1.90 bits per heavy atom. The molecule has 4 N–H and O–H groups in total. The van der Waals surface area contributed by atoms with Gasteiger partial charge in [0.05, 0.1) is 33.2 Å². The highest BCUT2D eigenvalue weighted by atomic mass is 32.1. The predicted molar refractivity (Wildman–Crippen MR) is 183 cm³/mol. The lowest BCUT2D eigenvalue weighted by Crippen LogP contribution is -2.61. The third-order valence-corrected chi connectivity index (χ3v) is 11.9. The number of hydrogen-bond donors (Lipinski definition) is 4. The number of rotatable bonds is 7. The van der Waals surface area contributed by atoms with Crippen LogP contribution in [0.25, 0.3) is 10.2 Å². The Hall–Kier alpha value is -4.39. The molecule has 2 aromatic carbocycles. The number of nitrogens with one attached hydrogen (secondary N) is 3. The van der Waals surface area contributed by atoms with Crippen LogP contribution in [0.4, 0.5) is 10.9 Å². The molecule has 4 bridgehead atoms. The topological polar surface area (TPSA) is 141 Å². The fourth-order valence-corrected chi connectivity index (χ4v) is 10.1. The van der Waals surface area contributed by atoms with Crippen molar-refractivity contribution in [1.29, 1.82) is 0 Å². The number of ether oxygens (including phenoxy) is 1. The van der Waals surface area contributed by atoms with Gasteiger partial charge in [0.15, 0.2) is 10.8 Å². The lowest BCUT2D eigenvalue weighted by Gasteiger charge is -2.58. The molecule has 2 saturated carbocycles. The Bertz CT molecular complexity index is 1940. The van der Waals surface area contributed by atoms with Crippen LogP contribution in [0.2, 0.25) is 0 Å². The third kappa shape index (κ3) is 5.05. The summed E-state index contributed by atoms with van der Waals surface area (Å²) in [6.07, 6.45) is 7.46. The van der Waals surface area contributed by atoms with Crippen LogP contribution >= 0.6 is 11.3 Å². The smallest absolute Gasteiger partial charge is 0.355 e. The fourth-order valence-electron chi connectivity index (χ4n) is 9.28. The van der Waals surface area contributed by atoms with Gasteiger partial charge in [0.2, 0.25) is 0 Å². The van der Waals surface area contributed by atoms with E-state index in [0.717, 1.165) is 47.0 Å². The first-order valence-electron chi connectivity index (χ1n) is 16.8. The number of hydrazone groups is 1. The van der Waals surface area contributed by atoms with Gasteiger partial charge in [-0.25, -0.2) is 25.7 Å². The van der Waals surface area contributed by atoms with Crippen molar-refractivity contribution in [3.05, 3.63) is 82.5 Å². The minimum absolute atomic E-state index is 0.0398. The number of benzene rings is 2. The Morgan fingerprint density at radius 1 is 1.06 bits per heavy atom. The van der Waals surface area contributed by atoms with Crippen LogP contribution in [0.3, 0.4) is 0 Å². The normalized spacial score (nSPS) is 28.6. The minimum atomic E-state index is -1.11. The van der Waals surface area contributed by atoms with E-state index in [-0.39, 0.29) is 17.2 Å². The second-order valence-corrected chi connectivity index (χ2v) is 15.4. The maximum Gasteiger partial charge on any atom is 0.355 e. The summed E-state index contributed by atoms with van der Waals surface area (Å²) in [5, 5.41) is 18.6. The number of hydrogen-bond acceptors (Lipinski definition) is 10. The van der Waals surface area contributed by atoms with Crippen LogP contribution in [-0.2, 0) is 17.7 Å². The number of para-hydroxylation sites is 1. The standard InChI is InChI=1S/C36H37N7O4S/c1-35(19-36-16-20-13-21(17-36)15-23(14-20)47-36)31(40-42-41-35)25-9-10-29(38-30(25)33(45)46)43-12-11-22-5-4-6-24(26(22)18-43)32(44)39-34-37-27-7-2-3-8-28(27)48-34/h2-10,20-21,23,41-42H,11-19H2,1H3,(H,45,46)(H,37,39,44). The summed E-state index contributed by atoms with van der Waals surface area (Å²) >= 11 is 1.44. The number of aromatic nitrogens is 2. The number of carboxylic acids is 1. The molecule has 3 atom stereocenters. The van der Waals surface area contributed by atoms with E-state index in [0.29, 0.717) is 71.7 Å². The first kappa shape index (κ1) is 29.7. The highest BCUT2D eigenvalue weighted by Crippen LogP contribution is 2.55. The maximum absolute atomic E-state index is 13.5. The molecule has 6 aliphatic rings. The summed E-state index contributed by atoms with van der Waals surface area (Å²) in [7, 11) is 0. The number of thiazole rings is 1. The van der Waals surface area contributed by atoms with Gasteiger partial charge in [0, 0.05) is 30.6 Å². The zero-order chi connectivity index (χ0) is 32.6. The van der Waals surface area contributed by atoms with Gasteiger partial charge in [-0.3, -0.25) is 10.1 Å². The van der Waals surface area contributed by atoms with E-state index >= 15 is 0 Å². The van der Waals surface area contributed by atoms with Crippen molar-refractivity contribution in [2.45, 2.75) is 75.7 Å². The number of hydrazine groups is 1. The van der Waals surface area contributed by atoms with Crippen LogP contribution < -0.4 is 21.2 Å². The lowest BCUT2D eigenvalue weighted by molar-refractivity contribution is -0.226. The van der Waals surface area contributed by atoms with Gasteiger partial charge < -0.3 is 14.7 Å². The van der Waals surface area contributed by atoms with Gasteiger partial charge in [-0.05, 0) is 98.7 Å². The average Bonchev–Trinajstić information content (AvgIpc) is 3.65. The average molecular weight is 664 g/mol. The largest absolute Gasteiger partial charge is 0.476 e. The Kier molecular flexibility index (Phi) is 6.86. The van der Waals surface area contributed by atoms with Crippen LogP contribution in [0, 0.1) is 11.8 Å². The first-order chi connectivity index (χ1) is 23.2. The molecule has 2 saturated heterocycles. The molecule has 1 amide bonds. The SMILES string of the molecule is CC1(CC23CC4CC(CC(C4)O2)C3)NNN=C1c1ccc(N2CCc3cccc(C(=O)Nc4nc5ccccc5s4)c3C2)nc1C(=O)O. The predicted octanol–water partition coefficient (Wildman–Crippen LogP) is 5.51. The number of aromatic carboxylic acids is 1. The number of carboxylic acid groups (broad SMARTS) is 1. The molecule has 3 unspecified atom stereocenters. The Balaban J connectivity index is 0.976. The number of pyridine rings is 1. The number of carbonyl (C=O) groups excluding carboxylic acids is 1. The molecule has 10 rings (SSSR count). The summed E-state index contributed by atoms with van der Waals surface area (Å²) in [4.78, 5) is 37.6. The first-order valence-corrected chi connectivity index (χ1v) is 17.6. The molecular weight excluding hydrogens is 627 g/mol. The van der Waals surface area contributed by atoms with E-state index in [9.17, 15) is 14.7 Å². The zero-order valence-corrected chi connectivity index (χ0v) is 27.5. The molecule has 48 heavy (non-hydrogen) atoms. The van der Waals surface area contributed by atoms with E-state index in [1.54, 1.807) is 0 Å². The molecule has 4 aromatic rings. The Morgan fingerprint density at radius 3 is 2.69 bits per heavy atom. The third-order valence-electron chi connectivity index (χ3n) is 11.0. The van der Waals surface area contributed by atoms with Crippen molar-refractivity contribution in [3.8, 4) is 0 Å². The van der Waals surface area contributed by atoms with Crippen molar-refractivity contribution in [2.24, 2.45) is 16.9 Å². The van der Waals surface area contributed by atoms with E-state index in [4.69, 9.17) is 9.72 Å². The molecule has 2 aliphatic carbocycles. The molecule has 2 aromatic heterocycles. The molecule has 4 fully saturated rings. The van der Waals surface area contributed by atoms with Crippen molar-refractivity contribution in [2.75, 3.05) is 16.8 Å². The molecule has 6 heterocycles. The maximum atomic E-state index is 13.5. The van der Waals surface area contributed by atoms with Crippen LogP contribution in [-0.4, -0.2) is 56.5 Å². The van der Waals surface area contributed by atoms with Crippen molar-refractivity contribution >= 4 is 50.1 Å². The molecule has 0 spiro atoms. The van der Waals surface area contributed by atoms with Crippen molar-refractivity contribution < 1.29 is 19.4 Å².